The van der Waals surface area contributed by atoms with Gasteiger partial charge in [0.2, 0.25) is 0 Å². The number of aromatic amines is 1. The van der Waals surface area contributed by atoms with Crippen LogP contribution < -0.4 is 5.32 Å². The van der Waals surface area contributed by atoms with E-state index in [2.05, 4.69) is 32.4 Å². The third-order valence-corrected chi connectivity index (χ3v) is 3.06. The molecule has 0 bridgehead atoms. The average Bonchev–Trinajstić information content (AvgIpc) is 2.82. The summed E-state index contributed by atoms with van der Waals surface area (Å²) in [4.78, 5) is 11.5. The second-order valence-corrected chi connectivity index (χ2v) is 4.23. The van der Waals surface area contributed by atoms with Crippen molar-refractivity contribution in [1.29, 1.82) is 0 Å². The van der Waals surface area contributed by atoms with E-state index >= 15 is 0 Å². The maximum Gasteiger partial charge on any atom is 0.0925 e. The van der Waals surface area contributed by atoms with Gasteiger partial charge in [-0.05, 0) is 19.1 Å². The first-order valence-corrected chi connectivity index (χ1v) is 5.90. The maximum atomic E-state index is 4.28. The third kappa shape index (κ3) is 1.93. The van der Waals surface area contributed by atoms with Crippen LogP contribution in [0.1, 0.15) is 11.4 Å². The van der Waals surface area contributed by atoms with Gasteiger partial charge in [-0.3, -0.25) is 4.98 Å². The van der Waals surface area contributed by atoms with E-state index in [1.54, 1.807) is 6.33 Å². The number of rotatable bonds is 3. The quantitative estimate of drug-likeness (QED) is 0.737. The molecular weight excluding hydrogens is 224 g/mol. The summed E-state index contributed by atoms with van der Waals surface area (Å²) in [5, 5.41) is 5.74. The fourth-order valence-corrected chi connectivity index (χ4v) is 2.02. The molecule has 0 atom stereocenters. The minimum atomic E-state index is 0.719. The van der Waals surface area contributed by atoms with E-state index in [0.717, 1.165) is 29.0 Å². The molecule has 4 heteroatoms. The van der Waals surface area contributed by atoms with Crippen molar-refractivity contribution in [3.8, 4) is 0 Å². The van der Waals surface area contributed by atoms with E-state index in [9.17, 15) is 0 Å². The fraction of sp³-hybridized carbons (Fsp3) is 0.143. The zero-order valence-electron chi connectivity index (χ0n) is 10.1. The zero-order valence-corrected chi connectivity index (χ0v) is 10.1. The van der Waals surface area contributed by atoms with Crippen molar-refractivity contribution in [2.75, 3.05) is 5.32 Å². The monoisotopic (exact) mass is 238 g/mol. The molecular formula is C14H14N4. The molecule has 0 fully saturated rings. The highest BCUT2D eigenvalue weighted by Crippen LogP contribution is 2.22. The van der Waals surface area contributed by atoms with Gasteiger partial charge in [0.15, 0.2) is 0 Å². The van der Waals surface area contributed by atoms with Gasteiger partial charge in [-0.2, -0.15) is 0 Å². The molecule has 0 radical (unpaired) electrons. The summed E-state index contributed by atoms with van der Waals surface area (Å²) in [6.07, 6.45) is 5.41. The molecule has 0 saturated heterocycles. The average molecular weight is 238 g/mol. The molecule has 3 aromatic rings. The van der Waals surface area contributed by atoms with Crippen molar-refractivity contribution in [3.05, 3.63) is 54.4 Å². The Morgan fingerprint density at radius 2 is 2.22 bits per heavy atom. The minimum Gasteiger partial charge on any atom is -0.379 e. The number of pyridine rings is 1. The summed E-state index contributed by atoms with van der Waals surface area (Å²) in [5.41, 5.74) is 3.25. The summed E-state index contributed by atoms with van der Waals surface area (Å²) in [6.45, 7) is 2.74. The van der Waals surface area contributed by atoms with Gasteiger partial charge in [0.05, 0.1) is 18.6 Å². The van der Waals surface area contributed by atoms with Crippen molar-refractivity contribution in [2.45, 2.75) is 13.5 Å². The Hall–Kier alpha value is -2.36. The normalized spacial score (nSPS) is 10.7. The first-order chi connectivity index (χ1) is 8.84. The van der Waals surface area contributed by atoms with Crippen molar-refractivity contribution in [3.63, 3.8) is 0 Å². The summed E-state index contributed by atoms with van der Waals surface area (Å²) in [7, 11) is 0. The lowest BCUT2D eigenvalue weighted by molar-refractivity contribution is 1.05. The van der Waals surface area contributed by atoms with Crippen LogP contribution >= 0.6 is 0 Å². The van der Waals surface area contributed by atoms with Crippen LogP contribution in [0.3, 0.4) is 0 Å². The summed E-state index contributed by atoms with van der Waals surface area (Å²) >= 11 is 0. The first-order valence-electron chi connectivity index (χ1n) is 5.90. The number of anilines is 1. The number of hydrogen-bond acceptors (Lipinski definition) is 3. The molecule has 1 aromatic carbocycles. The Bertz CT molecular complexity index is 667. The predicted octanol–water partition coefficient (Wildman–Crippen LogP) is 2.88. The van der Waals surface area contributed by atoms with Crippen molar-refractivity contribution < 1.29 is 0 Å². The van der Waals surface area contributed by atoms with Gasteiger partial charge in [-0.25, -0.2) is 4.98 Å². The molecule has 2 N–H and O–H groups in total. The molecule has 0 unspecified atom stereocenters. The highest BCUT2D eigenvalue weighted by molar-refractivity contribution is 5.93. The van der Waals surface area contributed by atoms with Crippen LogP contribution in [0.15, 0.2) is 43.0 Å². The number of fused-ring (bicyclic) bond motifs is 1. The van der Waals surface area contributed by atoms with Gasteiger partial charge < -0.3 is 10.3 Å². The van der Waals surface area contributed by atoms with E-state index in [1.165, 1.54) is 5.39 Å². The number of nitrogens with zero attached hydrogens (tertiary/aromatic N) is 2. The van der Waals surface area contributed by atoms with E-state index in [0.29, 0.717) is 0 Å². The van der Waals surface area contributed by atoms with Gasteiger partial charge in [0.1, 0.15) is 0 Å². The van der Waals surface area contributed by atoms with Crippen molar-refractivity contribution in [2.24, 2.45) is 0 Å². The Kier molecular flexibility index (Phi) is 2.68. The first kappa shape index (κ1) is 10.8. The number of nitrogens with one attached hydrogen (secondary N) is 2. The Morgan fingerprint density at radius 1 is 1.28 bits per heavy atom. The summed E-state index contributed by atoms with van der Waals surface area (Å²) in [6, 6.07) is 8.19. The second kappa shape index (κ2) is 4.49. The van der Waals surface area contributed by atoms with Crippen LogP contribution in [0.2, 0.25) is 0 Å². The Morgan fingerprint density at radius 3 is 3.06 bits per heavy atom. The van der Waals surface area contributed by atoms with Gasteiger partial charge in [-0.1, -0.05) is 12.1 Å². The van der Waals surface area contributed by atoms with E-state index in [1.807, 2.05) is 31.5 Å². The lowest BCUT2D eigenvalue weighted by Crippen LogP contribution is -2.01. The highest BCUT2D eigenvalue weighted by Gasteiger charge is 2.03. The molecule has 0 amide bonds. The molecule has 0 saturated carbocycles. The number of aryl methyl sites for hydroxylation is 1. The number of imidazole rings is 1. The summed E-state index contributed by atoms with van der Waals surface area (Å²) in [5.74, 6) is 0. The molecule has 90 valence electrons. The molecule has 4 nitrogen and oxygen atoms in total. The maximum absolute atomic E-state index is 4.28. The molecule has 3 rings (SSSR count). The molecule has 18 heavy (non-hydrogen) atoms. The van der Waals surface area contributed by atoms with Crippen molar-refractivity contribution >= 4 is 16.5 Å². The second-order valence-electron chi connectivity index (χ2n) is 4.23. The Balaban J connectivity index is 1.89. The SMILES string of the molecule is Cc1[nH]cnc1CNc1cccc2cnccc12. The lowest BCUT2D eigenvalue weighted by Gasteiger charge is -2.08. The van der Waals surface area contributed by atoms with Crippen LogP contribution in [0.25, 0.3) is 10.8 Å². The number of aromatic nitrogens is 3. The Labute approximate surface area is 105 Å². The largest absolute Gasteiger partial charge is 0.379 e. The highest BCUT2D eigenvalue weighted by atomic mass is 14.9. The third-order valence-electron chi connectivity index (χ3n) is 3.06. The molecule has 2 heterocycles. The standard InChI is InChI=1S/C14H14N4/c1-10-14(18-9-17-10)8-16-13-4-2-3-11-7-15-6-5-12(11)13/h2-7,9,16H,8H2,1H3,(H,17,18). The van der Waals surface area contributed by atoms with Crippen LogP contribution in [0.4, 0.5) is 5.69 Å². The molecule has 0 aliphatic heterocycles. The van der Waals surface area contributed by atoms with Gasteiger partial charge in [0, 0.05) is 34.5 Å². The molecule has 2 aromatic heterocycles. The van der Waals surface area contributed by atoms with Gasteiger partial charge >= 0.3 is 0 Å². The van der Waals surface area contributed by atoms with Crippen LogP contribution in [0.5, 0.6) is 0 Å². The lowest BCUT2D eigenvalue weighted by atomic mass is 10.1. The van der Waals surface area contributed by atoms with E-state index < -0.39 is 0 Å². The van der Waals surface area contributed by atoms with Gasteiger partial charge in [0.25, 0.3) is 0 Å². The van der Waals surface area contributed by atoms with Crippen LogP contribution in [-0.4, -0.2) is 15.0 Å². The molecule has 0 spiro atoms. The minimum absolute atomic E-state index is 0.719. The molecule has 0 aliphatic rings. The zero-order chi connectivity index (χ0) is 12.4. The van der Waals surface area contributed by atoms with E-state index in [-0.39, 0.29) is 0 Å². The fourth-order valence-electron chi connectivity index (χ4n) is 2.02. The van der Waals surface area contributed by atoms with Gasteiger partial charge in [-0.15, -0.1) is 0 Å². The molecule has 0 aliphatic carbocycles. The predicted molar refractivity (Wildman–Crippen MR) is 72.4 cm³/mol. The topological polar surface area (TPSA) is 53.6 Å². The summed E-state index contributed by atoms with van der Waals surface area (Å²) < 4.78 is 0. The van der Waals surface area contributed by atoms with E-state index in [4.69, 9.17) is 0 Å². The van der Waals surface area contributed by atoms with Crippen LogP contribution in [-0.2, 0) is 6.54 Å². The van der Waals surface area contributed by atoms with Crippen LogP contribution in [0, 0.1) is 6.92 Å². The van der Waals surface area contributed by atoms with Crippen molar-refractivity contribution in [1.82, 2.24) is 15.0 Å². The number of H-pyrrole nitrogens is 1. The number of hydrogen-bond donors (Lipinski definition) is 2. The number of benzene rings is 1. The smallest absolute Gasteiger partial charge is 0.0925 e.